The smallest absolute Gasteiger partial charge is 0.206 e. The summed E-state index contributed by atoms with van der Waals surface area (Å²) in [6, 6.07) is 15.4. The highest BCUT2D eigenvalue weighted by atomic mass is 32.2. The molecule has 0 atom stereocenters. The summed E-state index contributed by atoms with van der Waals surface area (Å²) in [5.74, 6) is 0. The first kappa shape index (κ1) is 12.1. The molecule has 3 heteroatoms. The number of aryl methyl sites for hydroxylation is 1. The van der Waals surface area contributed by atoms with Crippen molar-refractivity contribution < 1.29 is 4.42 Å². The van der Waals surface area contributed by atoms with E-state index in [2.05, 4.69) is 0 Å². The van der Waals surface area contributed by atoms with Crippen molar-refractivity contribution >= 4 is 22.7 Å². The van der Waals surface area contributed by atoms with Gasteiger partial charge in [-0.05, 0) is 31.2 Å². The summed E-state index contributed by atoms with van der Waals surface area (Å²) in [7, 11) is 0. The maximum Gasteiger partial charge on any atom is 0.206 e. The number of fused-ring (bicyclic) bond motifs is 1. The molecule has 1 heterocycles. The van der Waals surface area contributed by atoms with E-state index >= 15 is 0 Å². The van der Waals surface area contributed by atoms with Gasteiger partial charge in [0.05, 0.1) is 10.3 Å². The van der Waals surface area contributed by atoms with Crippen LogP contribution in [0.5, 0.6) is 0 Å². The van der Waals surface area contributed by atoms with Crippen molar-refractivity contribution in [1.29, 1.82) is 0 Å². The van der Waals surface area contributed by atoms with E-state index in [0.717, 1.165) is 4.90 Å². The fourth-order valence-corrected chi connectivity index (χ4v) is 2.69. The Balaban J connectivity index is 2.04. The van der Waals surface area contributed by atoms with Gasteiger partial charge in [0, 0.05) is 4.90 Å². The fourth-order valence-electron chi connectivity index (χ4n) is 1.86. The number of hydrogen-bond acceptors (Lipinski definition) is 3. The zero-order valence-electron chi connectivity index (χ0n) is 10.4. The lowest BCUT2D eigenvalue weighted by Gasteiger charge is -2.02. The number of rotatable bonds is 2. The lowest BCUT2D eigenvalue weighted by atomic mass is 10.2. The second-order valence-electron chi connectivity index (χ2n) is 4.34. The van der Waals surface area contributed by atoms with E-state index in [1.54, 1.807) is 12.1 Å². The molecule has 2 nitrogen and oxygen atoms in total. The van der Waals surface area contributed by atoms with Crippen molar-refractivity contribution in [3.05, 3.63) is 70.6 Å². The van der Waals surface area contributed by atoms with Crippen molar-refractivity contribution in [3.8, 4) is 0 Å². The Morgan fingerprint density at radius 3 is 2.53 bits per heavy atom. The first-order chi connectivity index (χ1) is 9.24. The van der Waals surface area contributed by atoms with Gasteiger partial charge in [0.2, 0.25) is 5.43 Å². The third-order valence-corrected chi connectivity index (χ3v) is 3.91. The molecule has 0 bridgehead atoms. The molecule has 0 N–H and O–H groups in total. The number of hydrogen-bond donors (Lipinski definition) is 0. The summed E-state index contributed by atoms with van der Waals surface area (Å²) in [4.78, 5) is 14.0. The van der Waals surface area contributed by atoms with E-state index in [0.29, 0.717) is 15.9 Å². The first-order valence-corrected chi connectivity index (χ1v) is 6.81. The Kier molecular flexibility index (Phi) is 3.13. The molecule has 94 valence electrons. The number of benzene rings is 2. The van der Waals surface area contributed by atoms with Gasteiger partial charge in [-0.25, -0.2) is 0 Å². The monoisotopic (exact) mass is 268 g/mol. The SMILES string of the molecule is Cc1ccc(Sc2coc3ccccc3c2=O)cc1. The van der Waals surface area contributed by atoms with Gasteiger partial charge < -0.3 is 4.42 Å². The fraction of sp³-hybridized carbons (Fsp3) is 0.0625. The van der Waals surface area contributed by atoms with Crippen LogP contribution in [0.25, 0.3) is 11.0 Å². The van der Waals surface area contributed by atoms with Crippen molar-refractivity contribution in [2.45, 2.75) is 16.7 Å². The summed E-state index contributed by atoms with van der Waals surface area (Å²) in [5, 5.41) is 0.625. The minimum atomic E-state index is 0.0208. The quantitative estimate of drug-likeness (QED) is 0.696. The van der Waals surface area contributed by atoms with E-state index in [1.165, 1.54) is 23.6 Å². The van der Waals surface area contributed by atoms with E-state index in [-0.39, 0.29) is 5.43 Å². The summed E-state index contributed by atoms with van der Waals surface area (Å²) < 4.78 is 5.50. The maximum atomic E-state index is 12.3. The molecular formula is C16H12O2S. The van der Waals surface area contributed by atoms with Crippen LogP contribution < -0.4 is 5.43 Å². The molecule has 3 rings (SSSR count). The molecule has 2 aromatic carbocycles. The van der Waals surface area contributed by atoms with Crippen molar-refractivity contribution in [1.82, 2.24) is 0 Å². The van der Waals surface area contributed by atoms with Crippen LogP contribution in [0, 0.1) is 6.92 Å². The van der Waals surface area contributed by atoms with Crippen molar-refractivity contribution in [3.63, 3.8) is 0 Å². The van der Waals surface area contributed by atoms with Crippen molar-refractivity contribution in [2.24, 2.45) is 0 Å². The Hall–Kier alpha value is -2.00. The molecule has 0 unspecified atom stereocenters. The lowest BCUT2D eigenvalue weighted by molar-refractivity contribution is 0.587. The molecule has 0 saturated carbocycles. The Morgan fingerprint density at radius 2 is 1.74 bits per heavy atom. The molecular weight excluding hydrogens is 256 g/mol. The van der Waals surface area contributed by atoms with Gasteiger partial charge >= 0.3 is 0 Å². The summed E-state index contributed by atoms with van der Waals surface area (Å²) in [5.41, 5.74) is 1.85. The predicted molar refractivity (Wildman–Crippen MR) is 77.8 cm³/mol. The van der Waals surface area contributed by atoms with Gasteiger partial charge in [0.25, 0.3) is 0 Å². The first-order valence-electron chi connectivity index (χ1n) is 5.99. The van der Waals surface area contributed by atoms with Crippen LogP contribution in [0.3, 0.4) is 0 Å². The summed E-state index contributed by atoms with van der Waals surface area (Å²) >= 11 is 1.43. The van der Waals surface area contributed by atoms with Crippen LogP contribution in [0.2, 0.25) is 0 Å². The predicted octanol–water partition coefficient (Wildman–Crippen LogP) is 4.25. The molecule has 19 heavy (non-hydrogen) atoms. The molecule has 0 aliphatic heterocycles. The molecule has 0 aliphatic carbocycles. The second-order valence-corrected chi connectivity index (χ2v) is 5.46. The summed E-state index contributed by atoms with van der Waals surface area (Å²) in [6.07, 6.45) is 1.54. The Bertz CT molecular complexity index is 773. The molecule has 0 fully saturated rings. The Morgan fingerprint density at radius 1 is 1.00 bits per heavy atom. The normalized spacial score (nSPS) is 10.8. The van der Waals surface area contributed by atoms with E-state index in [9.17, 15) is 4.79 Å². The molecule has 0 amide bonds. The average molecular weight is 268 g/mol. The minimum Gasteiger partial charge on any atom is -0.463 e. The van der Waals surface area contributed by atoms with Gasteiger partial charge in [-0.15, -0.1) is 0 Å². The molecule has 0 saturated heterocycles. The second kappa shape index (κ2) is 4.94. The Labute approximate surface area is 115 Å². The van der Waals surface area contributed by atoms with E-state index < -0.39 is 0 Å². The minimum absolute atomic E-state index is 0.0208. The number of para-hydroxylation sites is 1. The molecule has 0 radical (unpaired) electrons. The lowest BCUT2D eigenvalue weighted by Crippen LogP contribution is -2.03. The zero-order chi connectivity index (χ0) is 13.2. The van der Waals surface area contributed by atoms with Gasteiger partial charge in [0.1, 0.15) is 11.8 Å². The van der Waals surface area contributed by atoms with E-state index in [4.69, 9.17) is 4.42 Å². The highest BCUT2D eigenvalue weighted by molar-refractivity contribution is 7.99. The average Bonchev–Trinajstić information content (AvgIpc) is 2.45. The van der Waals surface area contributed by atoms with Gasteiger partial charge in [-0.2, -0.15) is 0 Å². The third kappa shape index (κ3) is 2.42. The maximum absolute atomic E-state index is 12.3. The van der Waals surface area contributed by atoms with Crippen LogP contribution in [-0.2, 0) is 0 Å². The van der Waals surface area contributed by atoms with E-state index in [1.807, 2.05) is 43.3 Å². The van der Waals surface area contributed by atoms with Crippen LogP contribution in [0.15, 0.2) is 73.8 Å². The van der Waals surface area contributed by atoms with Crippen LogP contribution >= 0.6 is 11.8 Å². The highest BCUT2D eigenvalue weighted by Crippen LogP contribution is 2.26. The van der Waals surface area contributed by atoms with Crippen LogP contribution in [-0.4, -0.2) is 0 Å². The largest absolute Gasteiger partial charge is 0.463 e. The van der Waals surface area contributed by atoms with Crippen molar-refractivity contribution in [2.75, 3.05) is 0 Å². The zero-order valence-corrected chi connectivity index (χ0v) is 11.2. The summed E-state index contributed by atoms with van der Waals surface area (Å²) in [6.45, 7) is 2.04. The topological polar surface area (TPSA) is 30.2 Å². The van der Waals surface area contributed by atoms with Crippen LogP contribution in [0.4, 0.5) is 0 Å². The molecule has 3 aromatic rings. The molecule has 0 aliphatic rings. The van der Waals surface area contributed by atoms with Gasteiger partial charge in [0.15, 0.2) is 0 Å². The highest BCUT2D eigenvalue weighted by Gasteiger charge is 2.07. The van der Waals surface area contributed by atoms with Gasteiger partial charge in [-0.1, -0.05) is 41.6 Å². The van der Waals surface area contributed by atoms with Gasteiger partial charge in [-0.3, -0.25) is 4.79 Å². The van der Waals surface area contributed by atoms with Crippen LogP contribution in [0.1, 0.15) is 5.56 Å². The molecule has 1 aromatic heterocycles. The standard InChI is InChI=1S/C16H12O2S/c1-11-6-8-12(9-7-11)19-15-10-18-14-5-3-2-4-13(14)16(15)17/h2-10H,1H3. The molecule has 0 spiro atoms. The third-order valence-electron chi connectivity index (χ3n) is 2.90.